The third kappa shape index (κ3) is 3.09. The molecular weight excluding hydrogens is 156 g/mol. The third-order valence-electron chi connectivity index (χ3n) is 1.68. The van der Waals surface area contributed by atoms with Crippen molar-refractivity contribution < 1.29 is 14.2 Å². The molecule has 0 aromatic carbocycles. The lowest BCUT2D eigenvalue weighted by atomic mass is 10.4. The van der Waals surface area contributed by atoms with Crippen molar-refractivity contribution in [1.29, 1.82) is 0 Å². The normalized spacial score (nSPS) is 28.2. The van der Waals surface area contributed by atoms with E-state index in [0.717, 1.165) is 0 Å². The van der Waals surface area contributed by atoms with Gasteiger partial charge in [-0.1, -0.05) is 0 Å². The molecule has 0 radical (unpaired) electrons. The molecule has 0 aromatic heterocycles. The summed E-state index contributed by atoms with van der Waals surface area (Å²) in [6.45, 7) is 9.13. The van der Waals surface area contributed by atoms with Crippen LogP contribution in [0.15, 0.2) is 0 Å². The quantitative estimate of drug-likeness (QED) is 0.650. The van der Waals surface area contributed by atoms with Gasteiger partial charge < -0.3 is 14.2 Å². The largest absolute Gasteiger partial charge is 0.376 e. The van der Waals surface area contributed by atoms with Crippen LogP contribution in [-0.2, 0) is 14.2 Å². The van der Waals surface area contributed by atoms with Gasteiger partial charge >= 0.3 is 0 Å². The van der Waals surface area contributed by atoms with Gasteiger partial charge in [0.2, 0.25) is 0 Å². The van der Waals surface area contributed by atoms with Gasteiger partial charge in [-0.05, 0) is 27.7 Å². The molecule has 1 aliphatic rings. The molecule has 0 aliphatic carbocycles. The Labute approximate surface area is 74.0 Å². The fraction of sp³-hybridized carbons (Fsp3) is 1.00. The standard InChI is InChI=1S/C9H18O3/c1-7(2)10-5-8-6-11-9(3,4)12-8/h7-8H,5-6H2,1-4H3. The van der Waals surface area contributed by atoms with Crippen LogP contribution in [0.1, 0.15) is 27.7 Å². The summed E-state index contributed by atoms with van der Waals surface area (Å²) in [6, 6.07) is 0. The predicted molar refractivity (Wildman–Crippen MR) is 46.0 cm³/mol. The van der Waals surface area contributed by atoms with E-state index in [2.05, 4.69) is 0 Å². The van der Waals surface area contributed by atoms with Crippen LogP contribution in [0.5, 0.6) is 0 Å². The molecule has 1 rings (SSSR count). The molecule has 12 heavy (non-hydrogen) atoms. The highest BCUT2D eigenvalue weighted by atomic mass is 16.7. The monoisotopic (exact) mass is 174 g/mol. The Morgan fingerprint density at radius 2 is 2.17 bits per heavy atom. The number of hydrogen-bond acceptors (Lipinski definition) is 3. The highest BCUT2D eigenvalue weighted by Gasteiger charge is 2.32. The summed E-state index contributed by atoms with van der Waals surface area (Å²) in [5.41, 5.74) is 0. The van der Waals surface area contributed by atoms with Crippen molar-refractivity contribution >= 4 is 0 Å². The molecule has 1 unspecified atom stereocenters. The first-order valence-corrected chi connectivity index (χ1v) is 4.43. The Morgan fingerprint density at radius 1 is 1.50 bits per heavy atom. The molecule has 0 bridgehead atoms. The fourth-order valence-corrected chi connectivity index (χ4v) is 1.14. The molecular formula is C9H18O3. The van der Waals surface area contributed by atoms with Gasteiger partial charge in [0, 0.05) is 0 Å². The lowest BCUT2D eigenvalue weighted by Gasteiger charge is -2.17. The molecule has 3 nitrogen and oxygen atoms in total. The first-order valence-electron chi connectivity index (χ1n) is 4.43. The maximum atomic E-state index is 5.55. The van der Waals surface area contributed by atoms with Crippen molar-refractivity contribution in [3.8, 4) is 0 Å². The van der Waals surface area contributed by atoms with Gasteiger partial charge in [0.15, 0.2) is 5.79 Å². The molecule has 72 valence electrons. The number of rotatable bonds is 3. The minimum atomic E-state index is -0.426. The molecule has 1 atom stereocenters. The summed E-state index contributed by atoms with van der Waals surface area (Å²) >= 11 is 0. The maximum absolute atomic E-state index is 5.55. The second kappa shape index (κ2) is 3.73. The van der Waals surface area contributed by atoms with Gasteiger partial charge in [-0.3, -0.25) is 0 Å². The smallest absolute Gasteiger partial charge is 0.163 e. The van der Waals surface area contributed by atoms with E-state index in [4.69, 9.17) is 14.2 Å². The molecule has 0 amide bonds. The molecule has 1 aliphatic heterocycles. The molecule has 1 heterocycles. The van der Waals surface area contributed by atoms with Crippen molar-refractivity contribution in [1.82, 2.24) is 0 Å². The van der Waals surface area contributed by atoms with Crippen molar-refractivity contribution in [2.24, 2.45) is 0 Å². The number of hydrogen-bond donors (Lipinski definition) is 0. The molecule has 0 aromatic rings. The maximum Gasteiger partial charge on any atom is 0.163 e. The van der Waals surface area contributed by atoms with E-state index in [1.807, 2.05) is 27.7 Å². The van der Waals surface area contributed by atoms with Crippen LogP contribution in [0.4, 0.5) is 0 Å². The van der Waals surface area contributed by atoms with E-state index in [9.17, 15) is 0 Å². The molecule has 0 N–H and O–H groups in total. The van der Waals surface area contributed by atoms with E-state index in [1.54, 1.807) is 0 Å². The third-order valence-corrected chi connectivity index (χ3v) is 1.68. The Bertz CT molecular complexity index is 143. The summed E-state index contributed by atoms with van der Waals surface area (Å²) in [6.07, 6.45) is 0.361. The first kappa shape index (κ1) is 9.96. The topological polar surface area (TPSA) is 27.7 Å². The Morgan fingerprint density at radius 3 is 2.58 bits per heavy atom. The number of ether oxygens (including phenoxy) is 3. The second-order valence-corrected chi connectivity index (χ2v) is 3.83. The lowest BCUT2D eigenvalue weighted by molar-refractivity contribution is -0.146. The van der Waals surface area contributed by atoms with Crippen molar-refractivity contribution in [3.63, 3.8) is 0 Å². The van der Waals surface area contributed by atoms with E-state index in [-0.39, 0.29) is 12.2 Å². The molecule has 3 heteroatoms. The summed E-state index contributed by atoms with van der Waals surface area (Å²) in [5, 5.41) is 0. The molecule has 1 saturated heterocycles. The SMILES string of the molecule is CC(C)OCC1COC(C)(C)O1. The minimum absolute atomic E-state index is 0.0994. The minimum Gasteiger partial charge on any atom is -0.376 e. The molecule has 0 spiro atoms. The van der Waals surface area contributed by atoms with E-state index < -0.39 is 5.79 Å². The van der Waals surface area contributed by atoms with Gasteiger partial charge in [0.1, 0.15) is 6.10 Å². The van der Waals surface area contributed by atoms with Gasteiger partial charge in [0.05, 0.1) is 19.3 Å². The zero-order chi connectivity index (χ0) is 9.19. The van der Waals surface area contributed by atoms with E-state index >= 15 is 0 Å². The summed E-state index contributed by atoms with van der Waals surface area (Å²) in [5.74, 6) is -0.426. The summed E-state index contributed by atoms with van der Waals surface area (Å²) < 4.78 is 16.3. The first-order chi connectivity index (χ1) is 5.49. The summed E-state index contributed by atoms with van der Waals surface area (Å²) in [7, 11) is 0. The van der Waals surface area contributed by atoms with Crippen LogP contribution in [0.3, 0.4) is 0 Å². The summed E-state index contributed by atoms with van der Waals surface area (Å²) in [4.78, 5) is 0. The lowest BCUT2D eigenvalue weighted by Crippen LogP contribution is -2.25. The van der Waals surface area contributed by atoms with Crippen molar-refractivity contribution in [2.75, 3.05) is 13.2 Å². The zero-order valence-electron chi connectivity index (χ0n) is 8.29. The Kier molecular flexibility index (Phi) is 3.09. The average molecular weight is 174 g/mol. The van der Waals surface area contributed by atoms with Gasteiger partial charge in [-0.25, -0.2) is 0 Å². The highest BCUT2D eigenvalue weighted by molar-refractivity contribution is 4.70. The van der Waals surface area contributed by atoms with Crippen LogP contribution in [-0.4, -0.2) is 31.2 Å². The van der Waals surface area contributed by atoms with Crippen LogP contribution in [0.2, 0.25) is 0 Å². The van der Waals surface area contributed by atoms with E-state index in [0.29, 0.717) is 13.2 Å². The molecule has 0 saturated carbocycles. The average Bonchev–Trinajstić information content (AvgIpc) is 2.26. The highest BCUT2D eigenvalue weighted by Crippen LogP contribution is 2.22. The zero-order valence-corrected chi connectivity index (χ0v) is 8.29. The van der Waals surface area contributed by atoms with Gasteiger partial charge in [-0.2, -0.15) is 0 Å². The van der Waals surface area contributed by atoms with Crippen molar-refractivity contribution in [2.45, 2.75) is 45.7 Å². The Balaban J connectivity index is 2.20. The van der Waals surface area contributed by atoms with Gasteiger partial charge in [-0.15, -0.1) is 0 Å². The van der Waals surface area contributed by atoms with Crippen LogP contribution in [0.25, 0.3) is 0 Å². The van der Waals surface area contributed by atoms with Crippen LogP contribution < -0.4 is 0 Å². The van der Waals surface area contributed by atoms with Crippen molar-refractivity contribution in [3.05, 3.63) is 0 Å². The van der Waals surface area contributed by atoms with E-state index in [1.165, 1.54) is 0 Å². The Hall–Kier alpha value is -0.120. The predicted octanol–water partition coefficient (Wildman–Crippen LogP) is 1.56. The second-order valence-electron chi connectivity index (χ2n) is 3.83. The fourth-order valence-electron chi connectivity index (χ4n) is 1.14. The molecule has 1 fully saturated rings. The van der Waals surface area contributed by atoms with Crippen LogP contribution in [0, 0.1) is 0 Å². The van der Waals surface area contributed by atoms with Gasteiger partial charge in [0.25, 0.3) is 0 Å². The van der Waals surface area contributed by atoms with Crippen LogP contribution >= 0.6 is 0 Å².